The Labute approximate surface area is 183 Å². The Morgan fingerprint density at radius 3 is 2.58 bits per heavy atom. The standard InChI is InChI=1S/C25H36N2O4/c1-24-10-7-16(28)13-15(24)3-4-17-18-5-6-20(25(18,2)11-8-19(17)24)21(29)14-27-12-9-22(30)26-23(27)31/h9,12,15-20,28H,3-8,10-11,13-14H2,1-2H3,(H,26,30,31)/t15?,16?,17-,18-,19-,20+,24-,25-/m0/s1. The van der Waals surface area contributed by atoms with Crippen molar-refractivity contribution in [3.05, 3.63) is 33.1 Å². The Kier molecular flexibility index (Phi) is 5.07. The molecule has 4 aliphatic rings. The van der Waals surface area contributed by atoms with Crippen molar-refractivity contribution < 1.29 is 9.90 Å². The minimum atomic E-state index is -0.505. The van der Waals surface area contributed by atoms with Gasteiger partial charge in [-0.1, -0.05) is 13.8 Å². The van der Waals surface area contributed by atoms with Gasteiger partial charge in [0.05, 0.1) is 12.6 Å². The molecule has 8 atom stereocenters. The molecule has 0 spiro atoms. The summed E-state index contributed by atoms with van der Waals surface area (Å²) in [6, 6.07) is 1.30. The number of nitrogens with zero attached hydrogens (tertiary/aromatic N) is 1. The van der Waals surface area contributed by atoms with Crippen LogP contribution in [0, 0.1) is 40.4 Å². The summed E-state index contributed by atoms with van der Waals surface area (Å²) in [6.07, 6.45) is 11.1. The number of ketones is 1. The van der Waals surface area contributed by atoms with Crippen molar-refractivity contribution in [1.29, 1.82) is 0 Å². The normalized spacial score (nSPS) is 44.2. The van der Waals surface area contributed by atoms with Crippen LogP contribution in [0.2, 0.25) is 0 Å². The molecule has 6 nitrogen and oxygen atoms in total. The van der Waals surface area contributed by atoms with Gasteiger partial charge in [0.2, 0.25) is 0 Å². The zero-order valence-corrected chi connectivity index (χ0v) is 18.8. The van der Waals surface area contributed by atoms with Gasteiger partial charge < -0.3 is 5.11 Å². The molecule has 0 saturated heterocycles. The smallest absolute Gasteiger partial charge is 0.328 e. The van der Waals surface area contributed by atoms with E-state index in [1.165, 1.54) is 36.1 Å². The van der Waals surface area contributed by atoms with Crippen molar-refractivity contribution in [3.63, 3.8) is 0 Å². The Balaban J connectivity index is 1.36. The molecule has 170 valence electrons. The van der Waals surface area contributed by atoms with Crippen molar-refractivity contribution in [3.8, 4) is 0 Å². The average molecular weight is 429 g/mol. The molecule has 1 aromatic rings. The third-order valence-corrected chi connectivity index (χ3v) is 10.2. The number of H-pyrrole nitrogens is 1. The predicted octanol–water partition coefficient (Wildman–Crippen LogP) is 3.13. The van der Waals surface area contributed by atoms with E-state index in [9.17, 15) is 19.5 Å². The molecule has 1 heterocycles. The lowest BCUT2D eigenvalue weighted by molar-refractivity contribution is -0.140. The van der Waals surface area contributed by atoms with Gasteiger partial charge in [-0.25, -0.2) is 4.79 Å². The van der Waals surface area contributed by atoms with Gasteiger partial charge in [0, 0.05) is 18.2 Å². The lowest BCUT2D eigenvalue weighted by atomic mass is 9.44. The van der Waals surface area contributed by atoms with Gasteiger partial charge in [0.15, 0.2) is 5.78 Å². The number of carbonyl (C=O) groups excluding carboxylic acids is 1. The number of Topliss-reactive ketones (excluding diaryl/α,β-unsaturated/α-hetero) is 1. The first-order chi connectivity index (χ1) is 14.7. The highest BCUT2D eigenvalue weighted by Gasteiger charge is 2.61. The number of aliphatic hydroxyl groups is 1. The van der Waals surface area contributed by atoms with E-state index < -0.39 is 11.2 Å². The lowest BCUT2D eigenvalue weighted by Gasteiger charge is -2.60. The summed E-state index contributed by atoms with van der Waals surface area (Å²) in [6.45, 7) is 4.87. The average Bonchev–Trinajstić information content (AvgIpc) is 3.08. The predicted molar refractivity (Wildman–Crippen MR) is 118 cm³/mol. The van der Waals surface area contributed by atoms with Gasteiger partial charge in [0.1, 0.15) is 0 Å². The van der Waals surface area contributed by atoms with Crippen LogP contribution in [-0.2, 0) is 11.3 Å². The molecule has 0 bridgehead atoms. The molecule has 2 unspecified atom stereocenters. The van der Waals surface area contributed by atoms with Gasteiger partial charge in [-0.3, -0.25) is 19.1 Å². The first kappa shape index (κ1) is 21.2. The SMILES string of the molecule is C[C@]12CC[C@H]3[C@@H](CCC4CC(O)CC[C@@]43C)[C@@H]1CC[C@@H]2C(=O)Cn1ccc(=O)[nH]c1=O. The largest absolute Gasteiger partial charge is 0.393 e. The van der Waals surface area contributed by atoms with Gasteiger partial charge >= 0.3 is 5.69 Å². The summed E-state index contributed by atoms with van der Waals surface area (Å²) in [7, 11) is 0. The molecule has 1 aromatic heterocycles. The number of nitrogens with one attached hydrogen (secondary N) is 1. The van der Waals surface area contributed by atoms with Crippen LogP contribution in [0.5, 0.6) is 0 Å². The molecule has 4 fully saturated rings. The first-order valence-corrected chi connectivity index (χ1v) is 12.2. The fraction of sp³-hybridized carbons (Fsp3) is 0.800. The van der Waals surface area contributed by atoms with Crippen LogP contribution in [0.3, 0.4) is 0 Å². The number of carbonyl (C=O) groups is 1. The maximum absolute atomic E-state index is 13.3. The molecule has 4 saturated carbocycles. The Hall–Kier alpha value is -1.69. The van der Waals surface area contributed by atoms with Crippen molar-refractivity contribution in [1.82, 2.24) is 9.55 Å². The van der Waals surface area contributed by atoms with E-state index in [1.54, 1.807) is 0 Å². The van der Waals surface area contributed by atoms with Crippen LogP contribution in [0.4, 0.5) is 0 Å². The van der Waals surface area contributed by atoms with E-state index in [1.807, 2.05) is 0 Å². The lowest BCUT2D eigenvalue weighted by Crippen LogP contribution is -2.54. The summed E-state index contributed by atoms with van der Waals surface area (Å²) in [5.74, 6) is 2.76. The Morgan fingerprint density at radius 1 is 1.06 bits per heavy atom. The van der Waals surface area contributed by atoms with E-state index in [0.29, 0.717) is 29.1 Å². The van der Waals surface area contributed by atoms with Crippen LogP contribution >= 0.6 is 0 Å². The molecule has 0 aromatic carbocycles. The summed E-state index contributed by atoms with van der Waals surface area (Å²) in [4.78, 5) is 39.0. The molecule has 4 aliphatic carbocycles. The van der Waals surface area contributed by atoms with Crippen molar-refractivity contribution >= 4 is 5.78 Å². The first-order valence-electron chi connectivity index (χ1n) is 12.2. The van der Waals surface area contributed by atoms with Crippen LogP contribution in [-0.4, -0.2) is 26.5 Å². The third-order valence-electron chi connectivity index (χ3n) is 10.2. The Bertz CT molecular complexity index is 982. The molecule has 2 N–H and O–H groups in total. The van der Waals surface area contributed by atoms with Crippen LogP contribution in [0.25, 0.3) is 0 Å². The number of fused-ring (bicyclic) bond motifs is 5. The highest BCUT2D eigenvalue weighted by molar-refractivity contribution is 5.82. The monoisotopic (exact) mass is 428 g/mol. The van der Waals surface area contributed by atoms with E-state index in [4.69, 9.17) is 0 Å². The van der Waals surface area contributed by atoms with Crippen LogP contribution < -0.4 is 11.2 Å². The summed E-state index contributed by atoms with van der Waals surface area (Å²) in [5, 5.41) is 10.2. The zero-order chi connectivity index (χ0) is 22.0. The maximum Gasteiger partial charge on any atom is 0.328 e. The Morgan fingerprint density at radius 2 is 1.81 bits per heavy atom. The molecular weight excluding hydrogens is 392 g/mol. The molecule has 0 radical (unpaired) electrons. The second-order valence-corrected chi connectivity index (χ2v) is 11.5. The highest BCUT2D eigenvalue weighted by atomic mass is 16.3. The van der Waals surface area contributed by atoms with Gasteiger partial charge in [0.25, 0.3) is 5.56 Å². The molecule has 0 aliphatic heterocycles. The minimum absolute atomic E-state index is 0.00372. The fourth-order valence-corrected chi connectivity index (χ4v) is 8.61. The number of aromatic nitrogens is 2. The van der Waals surface area contributed by atoms with E-state index in [2.05, 4.69) is 18.8 Å². The number of aromatic amines is 1. The zero-order valence-electron chi connectivity index (χ0n) is 18.8. The topological polar surface area (TPSA) is 92.2 Å². The van der Waals surface area contributed by atoms with Crippen molar-refractivity contribution in [2.75, 3.05) is 0 Å². The summed E-state index contributed by atoms with van der Waals surface area (Å²) < 4.78 is 1.34. The molecule has 31 heavy (non-hydrogen) atoms. The number of aliphatic hydroxyl groups excluding tert-OH is 1. The third kappa shape index (κ3) is 3.28. The summed E-state index contributed by atoms with van der Waals surface area (Å²) in [5.41, 5.74) is -0.579. The second-order valence-electron chi connectivity index (χ2n) is 11.5. The van der Waals surface area contributed by atoms with Gasteiger partial charge in [-0.05, 0) is 92.3 Å². The fourth-order valence-electron chi connectivity index (χ4n) is 8.61. The number of hydrogen-bond acceptors (Lipinski definition) is 4. The molecule has 5 rings (SSSR count). The molecular formula is C25H36N2O4. The van der Waals surface area contributed by atoms with E-state index in [0.717, 1.165) is 38.5 Å². The quantitative estimate of drug-likeness (QED) is 0.774. The summed E-state index contributed by atoms with van der Waals surface area (Å²) >= 11 is 0. The van der Waals surface area contributed by atoms with Crippen molar-refractivity contribution in [2.24, 2.45) is 40.4 Å². The molecule has 0 amide bonds. The van der Waals surface area contributed by atoms with E-state index >= 15 is 0 Å². The highest BCUT2D eigenvalue weighted by Crippen LogP contribution is 2.67. The second kappa shape index (κ2) is 7.43. The van der Waals surface area contributed by atoms with Crippen LogP contribution in [0.1, 0.15) is 71.6 Å². The van der Waals surface area contributed by atoms with Gasteiger partial charge in [-0.2, -0.15) is 0 Å². The van der Waals surface area contributed by atoms with E-state index in [-0.39, 0.29) is 29.8 Å². The minimum Gasteiger partial charge on any atom is -0.393 e. The van der Waals surface area contributed by atoms with Crippen LogP contribution in [0.15, 0.2) is 21.9 Å². The number of hydrogen-bond donors (Lipinski definition) is 2. The molecule has 6 heteroatoms. The number of rotatable bonds is 3. The van der Waals surface area contributed by atoms with Crippen molar-refractivity contribution in [2.45, 2.75) is 84.3 Å². The van der Waals surface area contributed by atoms with Gasteiger partial charge in [-0.15, -0.1) is 0 Å². The maximum atomic E-state index is 13.3.